The van der Waals surface area contributed by atoms with E-state index in [9.17, 15) is 4.79 Å². The number of hydrogen-bond donors (Lipinski definition) is 2. The van der Waals surface area contributed by atoms with Gasteiger partial charge in [-0.3, -0.25) is 10.1 Å². The summed E-state index contributed by atoms with van der Waals surface area (Å²) < 4.78 is 2.19. The van der Waals surface area contributed by atoms with E-state index in [1.165, 1.54) is 12.8 Å². The molecule has 2 aromatic rings. The van der Waals surface area contributed by atoms with Crippen molar-refractivity contribution in [3.8, 4) is 0 Å². The fourth-order valence-electron chi connectivity index (χ4n) is 3.21. The monoisotopic (exact) mass is 325 g/mol. The zero-order valence-electron chi connectivity index (χ0n) is 13.7. The molecule has 1 aromatic carbocycles. The summed E-state index contributed by atoms with van der Waals surface area (Å²) in [6.07, 6.45) is 5.53. The van der Waals surface area contributed by atoms with E-state index in [2.05, 4.69) is 25.4 Å². The highest BCUT2D eigenvalue weighted by atomic mass is 16.2. The fourth-order valence-corrected chi connectivity index (χ4v) is 3.21. The van der Waals surface area contributed by atoms with Gasteiger partial charge in [0, 0.05) is 19.0 Å². The lowest BCUT2D eigenvalue weighted by molar-refractivity contribution is -0.123. The Morgan fingerprint density at radius 1 is 1.21 bits per heavy atom. The second kappa shape index (κ2) is 6.73. The van der Waals surface area contributed by atoms with Gasteiger partial charge in [-0.25, -0.2) is 0 Å². The van der Waals surface area contributed by atoms with E-state index < -0.39 is 0 Å². The van der Waals surface area contributed by atoms with Gasteiger partial charge in [-0.2, -0.15) is 0 Å². The number of benzene rings is 1. The highest BCUT2D eigenvalue weighted by Gasteiger charge is 2.28. The third-order valence-corrected chi connectivity index (χ3v) is 4.72. The molecule has 1 atom stereocenters. The maximum absolute atomic E-state index is 12.6. The first-order valence-electron chi connectivity index (χ1n) is 8.81. The van der Waals surface area contributed by atoms with Crippen LogP contribution in [0.5, 0.6) is 0 Å². The molecule has 0 radical (unpaired) electrons. The number of aryl methyl sites for hydroxylation is 1. The van der Waals surface area contributed by atoms with Crippen molar-refractivity contribution in [3.63, 3.8) is 0 Å². The molecule has 0 saturated heterocycles. The van der Waals surface area contributed by atoms with Crippen molar-refractivity contribution in [2.24, 2.45) is 0 Å². The molecule has 1 fully saturated rings. The molecule has 0 unspecified atom stereocenters. The van der Waals surface area contributed by atoms with Crippen LogP contribution in [0, 0.1) is 0 Å². The van der Waals surface area contributed by atoms with E-state index in [1.54, 1.807) is 0 Å². The topological polar surface area (TPSA) is 71.8 Å². The Kier molecular flexibility index (Phi) is 4.30. The van der Waals surface area contributed by atoms with Crippen LogP contribution in [0.25, 0.3) is 0 Å². The summed E-state index contributed by atoms with van der Waals surface area (Å²) in [6.45, 7) is 1.52. The van der Waals surface area contributed by atoms with E-state index in [0.717, 1.165) is 43.0 Å². The molecule has 0 spiro atoms. The lowest BCUT2D eigenvalue weighted by atomic mass is 10.1. The van der Waals surface area contributed by atoms with Gasteiger partial charge < -0.3 is 9.88 Å². The van der Waals surface area contributed by atoms with Gasteiger partial charge in [0.15, 0.2) is 0 Å². The van der Waals surface area contributed by atoms with Crippen LogP contribution in [-0.2, 0) is 24.3 Å². The van der Waals surface area contributed by atoms with Gasteiger partial charge in [-0.15, -0.1) is 10.2 Å². The van der Waals surface area contributed by atoms with Crippen LogP contribution >= 0.6 is 0 Å². The lowest BCUT2D eigenvalue weighted by Crippen LogP contribution is -2.38. The molecule has 6 heteroatoms. The standard InChI is InChI=1S/C18H23N5O/c24-18(20-14-9-10-14)17(13-6-2-1-3-7-13)19-12-16-22-21-15-8-4-5-11-23(15)16/h1-3,6-7,14,17,19H,4-5,8-12H2,(H,20,24)/t17-/m1/s1. The molecule has 1 aliphatic carbocycles. The van der Waals surface area contributed by atoms with Crippen molar-refractivity contribution in [3.05, 3.63) is 47.5 Å². The van der Waals surface area contributed by atoms with Gasteiger partial charge >= 0.3 is 0 Å². The summed E-state index contributed by atoms with van der Waals surface area (Å²) in [6, 6.07) is 9.87. The van der Waals surface area contributed by atoms with Gasteiger partial charge in [0.25, 0.3) is 0 Å². The number of fused-ring (bicyclic) bond motifs is 1. The van der Waals surface area contributed by atoms with E-state index in [1.807, 2.05) is 30.3 Å². The van der Waals surface area contributed by atoms with Gasteiger partial charge in [-0.1, -0.05) is 30.3 Å². The maximum atomic E-state index is 12.6. The van der Waals surface area contributed by atoms with Crippen LogP contribution in [0.1, 0.15) is 48.9 Å². The summed E-state index contributed by atoms with van der Waals surface area (Å²) in [5.74, 6) is 2.03. The summed E-state index contributed by atoms with van der Waals surface area (Å²) in [4.78, 5) is 12.6. The van der Waals surface area contributed by atoms with Gasteiger partial charge in [0.05, 0.1) is 6.54 Å². The second-order valence-corrected chi connectivity index (χ2v) is 6.65. The SMILES string of the molecule is O=C(NC1CC1)[C@H](NCc1nnc2n1CCCC2)c1ccccc1. The second-order valence-electron chi connectivity index (χ2n) is 6.65. The highest BCUT2D eigenvalue weighted by molar-refractivity contribution is 5.83. The number of carbonyl (C=O) groups is 1. The molecule has 4 rings (SSSR count). The average Bonchev–Trinajstić information content (AvgIpc) is 3.34. The van der Waals surface area contributed by atoms with E-state index in [0.29, 0.717) is 12.6 Å². The molecular formula is C18H23N5O. The Hall–Kier alpha value is -2.21. The minimum Gasteiger partial charge on any atom is -0.352 e. The summed E-state index contributed by atoms with van der Waals surface area (Å²) in [5.41, 5.74) is 0.981. The maximum Gasteiger partial charge on any atom is 0.241 e. The zero-order chi connectivity index (χ0) is 16.4. The number of hydrogen-bond acceptors (Lipinski definition) is 4. The summed E-state index contributed by atoms with van der Waals surface area (Å²) in [5, 5.41) is 15.1. The van der Waals surface area contributed by atoms with Crippen molar-refractivity contribution in [2.45, 2.75) is 57.3 Å². The number of rotatable bonds is 6. The number of nitrogens with one attached hydrogen (secondary N) is 2. The van der Waals surface area contributed by atoms with Crippen molar-refractivity contribution in [2.75, 3.05) is 0 Å². The normalized spacial score (nSPS) is 18.0. The highest BCUT2D eigenvalue weighted by Crippen LogP contribution is 2.22. The first-order chi connectivity index (χ1) is 11.8. The zero-order valence-corrected chi connectivity index (χ0v) is 13.7. The quantitative estimate of drug-likeness (QED) is 0.848. The predicted octanol–water partition coefficient (Wildman–Crippen LogP) is 1.72. The van der Waals surface area contributed by atoms with Crippen LogP contribution in [0.3, 0.4) is 0 Å². The summed E-state index contributed by atoms with van der Waals surface area (Å²) in [7, 11) is 0. The first-order valence-corrected chi connectivity index (χ1v) is 8.81. The molecule has 2 heterocycles. The van der Waals surface area contributed by atoms with Crippen molar-refractivity contribution in [1.29, 1.82) is 0 Å². The molecular weight excluding hydrogens is 302 g/mol. The molecule has 0 bridgehead atoms. The minimum atomic E-state index is -0.358. The van der Waals surface area contributed by atoms with Crippen LogP contribution in [0.15, 0.2) is 30.3 Å². The van der Waals surface area contributed by atoms with Crippen LogP contribution in [0.2, 0.25) is 0 Å². The smallest absolute Gasteiger partial charge is 0.241 e. The van der Waals surface area contributed by atoms with E-state index in [-0.39, 0.29) is 11.9 Å². The van der Waals surface area contributed by atoms with Gasteiger partial charge in [-0.05, 0) is 31.2 Å². The Morgan fingerprint density at radius 3 is 2.83 bits per heavy atom. The first kappa shape index (κ1) is 15.3. The Balaban J connectivity index is 1.49. The third-order valence-electron chi connectivity index (χ3n) is 4.72. The van der Waals surface area contributed by atoms with Crippen LogP contribution < -0.4 is 10.6 Å². The molecule has 2 N–H and O–H groups in total. The molecule has 126 valence electrons. The number of carbonyl (C=O) groups excluding carboxylic acids is 1. The molecule has 24 heavy (non-hydrogen) atoms. The molecule has 6 nitrogen and oxygen atoms in total. The minimum absolute atomic E-state index is 0.0436. The van der Waals surface area contributed by atoms with E-state index >= 15 is 0 Å². The molecule has 1 aliphatic heterocycles. The molecule has 2 aliphatic rings. The van der Waals surface area contributed by atoms with Crippen molar-refractivity contribution >= 4 is 5.91 Å². The average molecular weight is 325 g/mol. The van der Waals surface area contributed by atoms with E-state index in [4.69, 9.17) is 0 Å². The Morgan fingerprint density at radius 2 is 2.04 bits per heavy atom. The van der Waals surface area contributed by atoms with Gasteiger partial charge in [0.2, 0.25) is 5.91 Å². The fraction of sp³-hybridized carbons (Fsp3) is 0.500. The molecule has 1 amide bonds. The Bertz CT molecular complexity index is 707. The number of aromatic nitrogens is 3. The van der Waals surface area contributed by atoms with Crippen molar-refractivity contribution < 1.29 is 4.79 Å². The molecule has 1 aromatic heterocycles. The van der Waals surface area contributed by atoms with Gasteiger partial charge in [0.1, 0.15) is 17.7 Å². The Labute approximate surface area is 141 Å². The predicted molar refractivity (Wildman–Crippen MR) is 90.1 cm³/mol. The third kappa shape index (κ3) is 3.33. The number of amides is 1. The number of nitrogens with zero attached hydrogens (tertiary/aromatic N) is 3. The van der Waals surface area contributed by atoms with Crippen LogP contribution in [0.4, 0.5) is 0 Å². The largest absolute Gasteiger partial charge is 0.352 e. The summed E-state index contributed by atoms with van der Waals surface area (Å²) >= 11 is 0. The molecule has 1 saturated carbocycles. The van der Waals surface area contributed by atoms with Crippen molar-refractivity contribution in [1.82, 2.24) is 25.4 Å². The van der Waals surface area contributed by atoms with Crippen LogP contribution in [-0.4, -0.2) is 26.7 Å². The lowest BCUT2D eigenvalue weighted by Gasteiger charge is -2.20.